The minimum Gasteiger partial charge on any atom is -0.439 e. The maximum atomic E-state index is 8.74. The number of benzene rings is 1. The molecule has 0 saturated carbocycles. The highest BCUT2D eigenvalue weighted by atomic mass is 16.5. The smallest absolute Gasteiger partial charge is 0.224 e. The number of anilines is 2. The summed E-state index contributed by atoms with van der Waals surface area (Å²) in [5.41, 5.74) is 1.01. The first kappa shape index (κ1) is 13.1. The van der Waals surface area contributed by atoms with E-state index in [4.69, 9.17) is 9.84 Å². The molecular formula is C13H16N4O2. The van der Waals surface area contributed by atoms with Crippen LogP contribution in [-0.4, -0.2) is 35.3 Å². The van der Waals surface area contributed by atoms with Crippen LogP contribution in [0.2, 0.25) is 0 Å². The predicted molar refractivity (Wildman–Crippen MR) is 73.7 cm³/mol. The third-order valence-corrected chi connectivity index (χ3v) is 2.43. The number of ether oxygens (including phenoxy) is 1. The van der Waals surface area contributed by atoms with Gasteiger partial charge < -0.3 is 20.5 Å². The Labute approximate surface area is 111 Å². The number of aliphatic hydroxyl groups is 1. The van der Waals surface area contributed by atoms with Gasteiger partial charge in [-0.25, -0.2) is 9.97 Å². The molecular weight excluding hydrogens is 244 g/mol. The lowest BCUT2D eigenvalue weighted by Gasteiger charge is -2.07. The third-order valence-electron chi connectivity index (χ3n) is 2.43. The number of nitrogens with zero attached hydrogens (tertiary/aromatic N) is 2. The highest BCUT2D eigenvalue weighted by molar-refractivity contribution is 5.46. The predicted octanol–water partition coefficient (Wildman–Crippen LogP) is 1.71. The van der Waals surface area contributed by atoms with Crippen molar-refractivity contribution in [3.63, 3.8) is 0 Å². The van der Waals surface area contributed by atoms with E-state index in [0.717, 1.165) is 5.69 Å². The van der Waals surface area contributed by atoms with Crippen LogP contribution in [0.15, 0.2) is 36.7 Å². The van der Waals surface area contributed by atoms with Crippen molar-refractivity contribution in [1.29, 1.82) is 0 Å². The molecule has 1 aromatic heterocycles. The molecule has 0 spiro atoms. The zero-order chi connectivity index (χ0) is 13.5. The lowest BCUT2D eigenvalue weighted by molar-refractivity contribution is 0.311. The first-order valence-electron chi connectivity index (χ1n) is 5.94. The van der Waals surface area contributed by atoms with Gasteiger partial charge in [0.1, 0.15) is 17.9 Å². The normalized spacial score (nSPS) is 10.0. The first-order valence-corrected chi connectivity index (χ1v) is 5.94. The van der Waals surface area contributed by atoms with Gasteiger partial charge >= 0.3 is 0 Å². The van der Waals surface area contributed by atoms with Gasteiger partial charge in [-0.1, -0.05) is 0 Å². The summed E-state index contributed by atoms with van der Waals surface area (Å²) < 4.78 is 5.62. The van der Waals surface area contributed by atoms with Crippen LogP contribution < -0.4 is 15.4 Å². The topological polar surface area (TPSA) is 79.3 Å². The lowest BCUT2D eigenvalue weighted by Crippen LogP contribution is -2.07. The van der Waals surface area contributed by atoms with Crippen LogP contribution >= 0.6 is 0 Å². The Bertz CT molecular complexity index is 516. The van der Waals surface area contributed by atoms with Crippen molar-refractivity contribution in [2.75, 3.05) is 30.8 Å². The molecule has 19 heavy (non-hydrogen) atoms. The quantitative estimate of drug-likeness (QED) is 0.734. The second-order valence-electron chi connectivity index (χ2n) is 3.77. The highest BCUT2D eigenvalue weighted by Crippen LogP contribution is 2.22. The average Bonchev–Trinajstić information content (AvgIpc) is 2.46. The Kier molecular flexibility index (Phi) is 4.52. The van der Waals surface area contributed by atoms with Crippen LogP contribution in [0.5, 0.6) is 11.6 Å². The molecule has 0 aliphatic heterocycles. The Morgan fingerprint density at radius 2 is 2.00 bits per heavy atom. The molecule has 0 radical (unpaired) electrons. The fraction of sp³-hybridized carbons (Fsp3) is 0.231. The van der Waals surface area contributed by atoms with Crippen molar-refractivity contribution in [3.8, 4) is 11.6 Å². The maximum Gasteiger partial charge on any atom is 0.224 e. The Hall–Kier alpha value is -2.34. The molecule has 1 aromatic carbocycles. The third kappa shape index (κ3) is 3.82. The van der Waals surface area contributed by atoms with Crippen molar-refractivity contribution >= 4 is 11.5 Å². The van der Waals surface area contributed by atoms with E-state index in [1.165, 1.54) is 6.33 Å². The summed E-state index contributed by atoms with van der Waals surface area (Å²) >= 11 is 0. The maximum absolute atomic E-state index is 8.74. The Balaban J connectivity index is 2.05. The van der Waals surface area contributed by atoms with E-state index >= 15 is 0 Å². The zero-order valence-corrected chi connectivity index (χ0v) is 10.6. The van der Waals surface area contributed by atoms with Crippen molar-refractivity contribution in [3.05, 3.63) is 36.7 Å². The molecule has 0 amide bonds. The molecule has 0 fully saturated rings. The lowest BCUT2D eigenvalue weighted by atomic mass is 10.3. The van der Waals surface area contributed by atoms with Crippen LogP contribution in [0.4, 0.5) is 11.5 Å². The van der Waals surface area contributed by atoms with E-state index in [9.17, 15) is 0 Å². The summed E-state index contributed by atoms with van der Waals surface area (Å²) in [7, 11) is 1.86. The Morgan fingerprint density at radius 1 is 1.21 bits per heavy atom. The van der Waals surface area contributed by atoms with Gasteiger partial charge in [0.25, 0.3) is 0 Å². The van der Waals surface area contributed by atoms with Crippen molar-refractivity contribution < 1.29 is 9.84 Å². The summed E-state index contributed by atoms with van der Waals surface area (Å²) in [6.45, 7) is 0.485. The van der Waals surface area contributed by atoms with Crippen molar-refractivity contribution in [2.24, 2.45) is 0 Å². The Morgan fingerprint density at radius 3 is 2.68 bits per heavy atom. The largest absolute Gasteiger partial charge is 0.439 e. The molecule has 2 rings (SSSR count). The molecule has 1 heterocycles. The van der Waals surface area contributed by atoms with E-state index in [2.05, 4.69) is 20.6 Å². The fourth-order valence-electron chi connectivity index (χ4n) is 1.49. The van der Waals surface area contributed by atoms with E-state index in [1.807, 2.05) is 31.3 Å². The standard InChI is InChI=1S/C13H16N4O2/c1-14-10-2-4-11(5-3-10)19-13-8-12(15-6-7-18)16-9-17-13/h2-5,8-9,14,18H,6-7H2,1H3,(H,15,16,17). The van der Waals surface area contributed by atoms with Gasteiger partial charge in [0.15, 0.2) is 0 Å². The molecule has 0 unspecified atom stereocenters. The second-order valence-corrected chi connectivity index (χ2v) is 3.77. The molecule has 0 atom stereocenters. The number of aromatic nitrogens is 2. The monoisotopic (exact) mass is 260 g/mol. The molecule has 0 saturated heterocycles. The van der Waals surface area contributed by atoms with Crippen LogP contribution in [0.3, 0.4) is 0 Å². The van der Waals surface area contributed by atoms with Crippen molar-refractivity contribution in [1.82, 2.24) is 9.97 Å². The van der Waals surface area contributed by atoms with E-state index in [-0.39, 0.29) is 6.61 Å². The van der Waals surface area contributed by atoms with Gasteiger partial charge in [0, 0.05) is 25.3 Å². The molecule has 100 valence electrons. The van der Waals surface area contributed by atoms with E-state index < -0.39 is 0 Å². The second kappa shape index (κ2) is 6.55. The minimum atomic E-state index is 0.0473. The minimum absolute atomic E-state index is 0.0473. The zero-order valence-electron chi connectivity index (χ0n) is 10.6. The van der Waals surface area contributed by atoms with Gasteiger partial charge in [-0.2, -0.15) is 0 Å². The molecule has 0 aliphatic rings. The van der Waals surface area contributed by atoms with Crippen molar-refractivity contribution in [2.45, 2.75) is 0 Å². The van der Waals surface area contributed by atoms with Gasteiger partial charge in [-0.05, 0) is 24.3 Å². The van der Waals surface area contributed by atoms with Gasteiger partial charge in [-0.15, -0.1) is 0 Å². The molecule has 2 aromatic rings. The first-order chi connectivity index (χ1) is 9.31. The fourth-order valence-corrected chi connectivity index (χ4v) is 1.49. The number of rotatable bonds is 6. The number of aliphatic hydroxyl groups excluding tert-OH is 1. The van der Waals surface area contributed by atoms with E-state index in [1.54, 1.807) is 6.07 Å². The van der Waals surface area contributed by atoms with Crippen LogP contribution in [0.25, 0.3) is 0 Å². The van der Waals surface area contributed by atoms with Gasteiger partial charge in [0.2, 0.25) is 5.88 Å². The summed E-state index contributed by atoms with van der Waals surface area (Å²) in [4.78, 5) is 8.06. The van der Waals surface area contributed by atoms with Gasteiger partial charge in [-0.3, -0.25) is 0 Å². The van der Waals surface area contributed by atoms with Gasteiger partial charge in [0.05, 0.1) is 6.61 Å². The van der Waals surface area contributed by atoms with Crippen LogP contribution in [0, 0.1) is 0 Å². The molecule has 3 N–H and O–H groups in total. The molecule has 0 bridgehead atoms. The SMILES string of the molecule is CNc1ccc(Oc2cc(NCCO)ncn2)cc1. The van der Waals surface area contributed by atoms with Crippen LogP contribution in [0.1, 0.15) is 0 Å². The summed E-state index contributed by atoms with van der Waals surface area (Å²) in [6, 6.07) is 9.23. The molecule has 6 heteroatoms. The van der Waals surface area contributed by atoms with Crippen LogP contribution in [-0.2, 0) is 0 Å². The summed E-state index contributed by atoms with van der Waals surface area (Å²) in [6.07, 6.45) is 1.41. The molecule has 0 aliphatic carbocycles. The highest BCUT2D eigenvalue weighted by Gasteiger charge is 2.01. The van der Waals surface area contributed by atoms with E-state index in [0.29, 0.717) is 24.0 Å². The number of hydrogen-bond donors (Lipinski definition) is 3. The number of nitrogens with one attached hydrogen (secondary N) is 2. The summed E-state index contributed by atoms with van der Waals surface area (Å²) in [5.74, 6) is 1.77. The number of hydrogen-bond acceptors (Lipinski definition) is 6. The molecule has 6 nitrogen and oxygen atoms in total. The average molecular weight is 260 g/mol. The summed E-state index contributed by atoms with van der Waals surface area (Å²) in [5, 5.41) is 14.7.